The summed E-state index contributed by atoms with van der Waals surface area (Å²) in [7, 11) is 14.6. The third kappa shape index (κ3) is 6.56. The standard InChI is InChI=1S/C56H57B7N2S/c1-55(2,3)32-25-27-41-39(29-32)40-30-33(56(4,5)6)26-28-42(40)65(41)54-46(58)44-43-45(57)47(59)48(60)49(61)52(43)64(53(44)50(62)51(54)63)34-17-16-24-38(31-34)66(35-18-10-7-11-19-35,36-20-12-8-13-21-36)37-22-14-9-15-23-37/h7-31H,57-63H2,1-6H3. The van der Waals surface area contributed by atoms with Gasteiger partial charge in [0.15, 0.2) is 0 Å². The number of benzene rings is 8. The van der Waals surface area contributed by atoms with Gasteiger partial charge in [0.2, 0.25) is 0 Å². The fourth-order valence-electron chi connectivity index (χ4n) is 11.0. The highest BCUT2D eigenvalue weighted by Crippen LogP contribution is 2.73. The van der Waals surface area contributed by atoms with Gasteiger partial charge >= 0.3 is 0 Å². The van der Waals surface area contributed by atoms with E-state index in [1.54, 1.807) is 0 Å². The molecule has 10 rings (SSSR count). The van der Waals surface area contributed by atoms with Gasteiger partial charge < -0.3 is 9.13 Å². The van der Waals surface area contributed by atoms with Crippen molar-refractivity contribution in [1.82, 2.24) is 9.13 Å². The van der Waals surface area contributed by atoms with Crippen LogP contribution in [0.2, 0.25) is 0 Å². The van der Waals surface area contributed by atoms with Gasteiger partial charge in [0, 0.05) is 58.1 Å². The van der Waals surface area contributed by atoms with E-state index in [1.165, 1.54) is 124 Å². The molecule has 66 heavy (non-hydrogen) atoms. The highest BCUT2D eigenvalue weighted by atomic mass is 32.3. The second kappa shape index (κ2) is 15.9. The van der Waals surface area contributed by atoms with Gasteiger partial charge in [-0.05, 0) is 106 Å². The topological polar surface area (TPSA) is 9.86 Å². The molecule has 0 amide bonds. The van der Waals surface area contributed by atoms with E-state index in [4.69, 9.17) is 0 Å². The summed E-state index contributed by atoms with van der Waals surface area (Å²) >= 11 is 0. The Balaban J connectivity index is 1.34. The van der Waals surface area contributed by atoms with Crippen molar-refractivity contribution in [1.29, 1.82) is 0 Å². The lowest BCUT2D eigenvalue weighted by molar-refractivity contribution is 0.590. The summed E-state index contributed by atoms with van der Waals surface area (Å²) in [4.78, 5) is 5.28. The molecule has 2 heterocycles. The van der Waals surface area contributed by atoms with Gasteiger partial charge in [-0.2, -0.15) is 0 Å². The number of hydrogen-bond acceptors (Lipinski definition) is 0. The van der Waals surface area contributed by atoms with Crippen LogP contribution in [0.1, 0.15) is 52.7 Å². The van der Waals surface area contributed by atoms with Crippen LogP contribution in [0.15, 0.2) is 171 Å². The molecular formula is C56H57B7N2S. The number of fused-ring (bicyclic) bond motifs is 6. The van der Waals surface area contributed by atoms with E-state index < -0.39 is 10.0 Å². The van der Waals surface area contributed by atoms with Crippen molar-refractivity contribution >= 4 is 147 Å². The van der Waals surface area contributed by atoms with Gasteiger partial charge in [-0.3, -0.25) is 0 Å². The van der Waals surface area contributed by atoms with E-state index in [0.29, 0.717) is 0 Å². The lowest BCUT2D eigenvalue weighted by Crippen LogP contribution is -2.48. The molecular weight excluding hydrogens is 808 g/mol. The van der Waals surface area contributed by atoms with Crippen LogP contribution < -0.4 is 38.2 Å². The molecule has 2 aromatic heterocycles. The molecule has 0 spiro atoms. The Bertz CT molecular complexity index is 3400. The van der Waals surface area contributed by atoms with Crippen LogP contribution in [0.5, 0.6) is 0 Å². The first-order valence-corrected chi connectivity index (χ1v) is 25.3. The highest BCUT2D eigenvalue weighted by Gasteiger charge is 2.34. The molecule has 0 atom stereocenters. The smallest absolute Gasteiger partial charge is 0.142 e. The first-order chi connectivity index (χ1) is 31.5. The predicted molar refractivity (Wildman–Crippen MR) is 310 cm³/mol. The quantitative estimate of drug-likeness (QED) is 0.227. The summed E-state index contributed by atoms with van der Waals surface area (Å²) in [5.41, 5.74) is 19.7. The molecule has 318 valence electrons. The summed E-state index contributed by atoms with van der Waals surface area (Å²) in [6.07, 6.45) is 0. The average molecular weight is 866 g/mol. The van der Waals surface area contributed by atoms with Crippen LogP contribution in [0.25, 0.3) is 55.0 Å². The maximum atomic E-state index is 2.64. The molecule has 0 aliphatic carbocycles. The summed E-state index contributed by atoms with van der Waals surface area (Å²) in [6, 6.07) is 57.7. The molecule has 0 radical (unpaired) electrons. The van der Waals surface area contributed by atoms with Crippen LogP contribution >= 0.6 is 10.0 Å². The van der Waals surface area contributed by atoms with Crippen LogP contribution in [0, 0.1) is 0 Å². The highest BCUT2D eigenvalue weighted by molar-refractivity contribution is 8.34. The van der Waals surface area contributed by atoms with Gasteiger partial charge in [0.25, 0.3) is 0 Å². The lowest BCUT2D eigenvalue weighted by Gasteiger charge is -2.42. The SMILES string of the molecule is Bc1c(B)c(B)c2c(c1B)c1c(B)c(-n3c4ccc(C(C)(C)C)cc4c4cc(C(C)(C)C)ccc43)c(B)c(B)c1n2-c1cccc(S(c2ccccc2)(c2ccccc2)c2ccccc2)c1. The molecule has 10 heteroatoms. The minimum absolute atomic E-state index is 0.0283. The van der Waals surface area contributed by atoms with Crippen LogP contribution in [-0.2, 0) is 10.8 Å². The number of hydrogen-bond donors (Lipinski definition) is 0. The molecule has 0 saturated carbocycles. The second-order valence-electron chi connectivity index (χ2n) is 20.9. The zero-order valence-electron chi connectivity index (χ0n) is 41.2. The molecule has 10 aromatic rings. The zero-order valence-corrected chi connectivity index (χ0v) is 42.1. The van der Waals surface area contributed by atoms with Crippen molar-refractivity contribution in [2.75, 3.05) is 0 Å². The van der Waals surface area contributed by atoms with Gasteiger partial charge in [-0.15, -0.1) is 15.5 Å². The monoisotopic (exact) mass is 866 g/mol. The molecule has 8 aromatic carbocycles. The van der Waals surface area contributed by atoms with Gasteiger partial charge in [0.1, 0.15) is 54.9 Å². The Morgan fingerprint density at radius 2 is 0.773 bits per heavy atom. The van der Waals surface area contributed by atoms with Crippen molar-refractivity contribution < 1.29 is 0 Å². The molecule has 0 fully saturated rings. The van der Waals surface area contributed by atoms with Crippen LogP contribution in [0.4, 0.5) is 0 Å². The van der Waals surface area contributed by atoms with Gasteiger partial charge in [-0.25, -0.2) is 0 Å². The molecule has 0 bridgehead atoms. The summed E-state index contributed by atoms with van der Waals surface area (Å²) < 4.78 is 5.25. The Morgan fingerprint density at radius 3 is 1.23 bits per heavy atom. The van der Waals surface area contributed by atoms with E-state index in [9.17, 15) is 0 Å². The molecule has 0 N–H and O–H groups in total. The average Bonchev–Trinajstić information content (AvgIpc) is 3.84. The zero-order chi connectivity index (χ0) is 46.6. The fraction of sp³-hybridized carbons (Fsp3) is 0.143. The lowest BCUT2D eigenvalue weighted by atomic mass is 9.65. The van der Waals surface area contributed by atoms with Crippen molar-refractivity contribution in [2.24, 2.45) is 0 Å². The fourth-order valence-corrected chi connectivity index (χ4v) is 14.9. The van der Waals surface area contributed by atoms with Crippen molar-refractivity contribution in [3.8, 4) is 11.4 Å². The van der Waals surface area contributed by atoms with Gasteiger partial charge in [-0.1, -0.05) is 147 Å². The largest absolute Gasteiger partial charge is 0.310 e. The molecule has 0 unspecified atom stereocenters. The normalized spacial score (nSPS) is 12.8. The maximum absolute atomic E-state index is 2.64. The van der Waals surface area contributed by atoms with Crippen LogP contribution in [-0.4, -0.2) is 64.1 Å². The number of rotatable bonds is 6. The van der Waals surface area contributed by atoms with E-state index in [2.05, 4.69) is 257 Å². The third-order valence-corrected chi connectivity index (χ3v) is 18.9. The molecule has 0 aliphatic heterocycles. The first-order valence-electron chi connectivity index (χ1n) is 23.7. The minimum Gasteiger partial charge on any atom is -0.310 e. The molecule has 0 aliphatic rings. The van der Waals surface area contributed by atoms with Crippen molar-refractivity contribution in [3.05, 3.63) is 163 Å². The summed E-state index contributed by atoms with van der Waals surface area (Å²) in [5, 5.41) is 5.34. The Kier molecular flexibility index (Phi) is 10.6. The first kappa shape index (κ1) is 44.0. The maximum Gasteiger partial charge on any atom is 0.142 e. The van der Waals surface area contributed by atoms with Crippen LogP contribution in [0.3, 0.4) is 0 Å². The Labute approximate surface area is 399 Å². The van der Waals surface area contributed by atoms with E-state index >= 15 is 0 Å². The minimum atomic E-state index is -1.91. The van der Waals surface area contributed by atoms with E-state index in [1.807, 2.05) is 0 Å². The molecule has 2 nitrogen and oxygen atoms in total. The predicted octanol–water partition coefficient (Wildman–Crippen LogP) is 3.63. The van der Waals surface area contributed by atoms with Crippen molar-refractivity contribution in [2.45, 2.75) is 72.0 Å². The van der Waals surface area contributed by atoms with E-state index in [0.717, 1.165) is 0 Å². The third-order valence-electron chi connectivity index (χ3n) is 15.0. The summed E-state index contributed by atoms with van der Waals surface area (Å²) in [6.45, 7) is 13.9. The van der Waals surface area contributed by atoms with Crippen molar-refractivity contribution in [3.63, 3.8) is 0 Å². The Hall–Kier alpha value is -5.84. The molecule has 0 saturated heterocycles. The van der Waals surface area contributed by atoms with E-state index in [-0.39, 0.29) is 10.8 Å². The number of aromatic nitrogens is 2. The number of nitrogens with zero attached hydrogens (tertiary/aromatic N) is 2. The Morgan fingerprint density at radius 1 is 0.364 bits per heavy atom. The second-order valence-corrected chi connectivity index (χ2v) is 24.0. The van der Waals surface area contributed by atoms with Gasteiger partial charge in [0.05, 0.1) is 11.0 Å². The summed E-state index contributed by atoms with van der Waals surface area (Å²) in [5.74, 6) is 0.